The highest BCUT2D eigenvalue weighted by molar-refractivity contribution is 5.92. The van der Waals surface area contributed by atoms with Crippen molar-refractivity contribution >= 4 is 11.7 Å². The fraction of sp³-hybridized carbons (Fsp3) is 0.391. The Morgan fingerprint density at radius 3 is 2.12 bits per heavy atom. The van der Waals surface area contributed by atoms with Gasteiger partial charge in [-0.15, -0.1) is 0 Å². The fourth-order valence-electron chi connectivity index (χ4n) is 3.68. The van der Waals surface area contributed by atoms with E-state index < -0.39 is 11.5 Å². The van der Waals surface area contributed by atoms with Crippen LogP contribution in [0.2, 0.25) is 0 Å². The first-order valence-electron chi connectivity index (χ1n) is 9.29. The predicted octanol–water partition coefficient (Wildman–Crippen LogP) is 4.58. The van der Waals surface area contributed by atoms with E-state index in [1.165, 1.54) is 16.7 Å². The third-order valence-corrected chi connectivity index (χ3v) is 5.57. The van der Waals surface area contributed by atoms with Crippen LogP contribution in [0, 0.1) is 11.3 Å². The van der Waals surface area contributed by atoms with E-state index >= 15 is 0 Å². The quantitative estimate of drug-likeness (QED) is 0.830. The van der Waals surface area contributed by atoms with Gasteiger partial charge in [0.05, 0.1) is 11.5 Å². The average molecular weight is 349 g/mol. The highest BCUT2D eigenvalue weighted by atomic mass is 16.2. The summed E-state index contributed by atoms with van der Waals surface area (Å²) in [5, 5.41) is 2.97. The summed E-state index contributed by atoms with van der Waals surface area (Å²) in [6.07, 6.45) is 0.826. The Bertz CT molecular complexity index is 795. The van der Waals surface area contributed by atoms with Gasteiger partial charge in [-0.2, -0.15) is 0 Å². The van der Waals surface area contributed by atoms with Crippen LogP contribution in [0.15, 0.2) is 54.6 Å². The lowest BCUT2D eigenvalue weighted by Gasteiger charge is -2.22. The number of carbonyl (C=O) groups excluding carboxylic acids is 2. The van der Waals surface area contributed by atoms with Crippen LogP contribution in [0.25, 0.3) is 11.1 Å². The second-order valence-electron chi connectivity index (χ2n) is 7.97. The van der Waals surface area contributed by atoms with Gasteiger partial charge in [0.2, 0.25) is 5.91 Å². The number of carbonyl (C=O) groups is 2. The molecule has 1 aliphatic carbocycles. The molecule has 1 aliphatic rings. The van der Waals surface area contributed by atoms with Gasteiger partial charge in [-0.3, -0.25) is 9.59 Å². The molecule has 2 aromatic rings. The molecule has 1 fully saturated rings. The molecule has 0 bridgehead atoms. The first kappa shape index (κ1) is 18.4. The SMILES string of the molecule is CC(=O)[C@@H](NC(=O)[C@]1(C)CC1c1ccc(-c2ccccc2)cc1)C(C)C. The molecular weight excluding hydrogens is 322 g/mol. The lowest BCUT2D eigenvalue weighted by molar-refractivity contribution is -0.131. The third kappa shape index (κ3) is 3.57. The molecule has 2 aromatic carbocycles. The second-order valence-corrected chi connectivity index (χ2v) is 7.97. The summed E-state index contributed by atoms with van der Waals surface area (Å²) < 4.78 is 0. The van der Waals surface area contributed by atoms with Crippen molar-refractivity contribution in [3.05, 3.63) is 60.2 Å². The van der Waals surface area contributed by atoms with Crippen LogP contribution in [0.1, 0.15) is 45.6 Å². The molecule has 1 saturated carbocycles. The zero-order valence-corrected chi connectivity index (χ0v) is 16.0. The van der Waals surface area contributed by atoms with Crippen LogP contribution in [-0.2, 0) is 9.59 Å². The van der Waals surface area contributed by atoms with Gasteiger partial charge in [-0.1, -0.05) is 75.4 Å². The first-order chi connectivity index (χ1) is 12.3. The smallest absolute Gasteiger partial charge is 0.227 e. The number of benzene rings is 2. The average Bonchev–Trinajstić information content (AvgIpc) is 3.33. The minimum absolute atomic E-state index is 0.0106. The first-order valence-corrected chi connectivity index (χ1v) is 9.29. The van der Waals surface area contributed by atoms with Crippen molar-refractivity contribution in [2.75, 3.05) is 0 Å². The zero-order valence-electron chi connectivity index (χ0n) is 16.0. The number of nitrogens with one attached hydrogen (secondary N) is 1. The number of amides is 1. The van der Waals surface area contributed by atoms with Crippen LogP contribution in [0.3, 0.4) is 0 Å². The monoisotopic (exact) mass is 349 g/mol. The van der Waals surface area contributed by atoms with Gasteiger partial charge in [-0.25, -0.2) is 0 Å². The Kier molecular flexibility index (Phi) is 4.99. The Labute approximate surface area is 155 Å². The number of hydrogen-bond donors (Lipinski definition) is 1. The summed E-state index contributed by atoms with van der Waals surface area (Å²) in [7, 11) is 0. The maximum absolute atomic E-state index is 12.8. The molecule has 136 valence electrons. The third-order valence-electron chi connectivity index (χ3n) is 5.57. The molecule has 1 N–H and O–H groups in total. The van der Waals surface area contributed by atoms with Gasteiger partial charge in [0.15, 0.2) is 5.78 Å². The Balaban J connectivity index is 1.70. The molecule has 1 amide bonds. The molecule has 0 aliphatic heterocycles. The van der Waals surface area contributed by atoms with Crippen molar-refractivity contribution in [2.45, 2.75) is 46.1 Å². The van der Waals surface area contributed by atoms with Crippen molar-refractivity contribution in [1.82, 2.24) is 5.32 Å². The largest absolute Gasteiger partial charge is 0.346 e. The zero-order chi connectivity index (χ0) is 18.9. The maximum atomic E-state index is 12.8. The fourth-order valence-corrected chi connectivity index (χ4v) is 3.68. The lowest BCUT2D eigenvalue weighted by Crippen LogP contribution is -2.46. The van der Waals surface area contributed by atoms with Crippen molar-refractivity contribution in [3.63, 3.8) is 0 Å². The molecule has 3 rings (SSSR count). The normalized spacial score (nSPS) is 22.7. The number of ketones is 1. The van der Waals surface area contributed by atoms with E-state index in [1.807, 2.05) is 39.0 Å². The molecule has 3 atom stereocenters. The minimum Gasteiger partial charge on any atom is -0.346 e. The van der Waals surface area contributed by atoms with Crippen molar-refractivity contribution < 1.29 is 9.59 Å². The summed E-state index contributed by atoms with van der Waals surface area (Å²) in [5.41, 5.74) is 3.14. The Hall–Kier alpha value is -2.42. The Morgan fingerprint density at radius 1 is 1.00 bits per heavy atom. The molecule has 0 saturated heterocycles. The van der Waals surface area contributed by atoms with E-state index in [1.54, 1.807) is 6.92 Å². The van der Waals surface area contributed by atoms with Crippen LogP contribution in [0.4, 0.5) is 0 Å². The molecule has 0 heterocycles. The molecule has 1 unspecified atom stereocenters. The molecule has 0 radical (unpaired) electrons. The summed E-state index contributed by atoms with van der Waals surface area (Å²) in [4.78, 5) is 24.5. The van der Waals surface area contributed by atoms with E-state index in [9.17, 15) is 9.59 Å². The van der Waals surface area contributed by atoms with Gasteiger partial charge in [0, 0.05) is 0 Å². The standard InChI is InChI=1S/C23H27NO2/c1-15(2)21(16(3)25)24-22(26)23(4)14-20(23)19-12-10-18(11-13-19)17-8-6-5-7-9-17/h5-13,15,20-21H,14H2,1-4H3,(H,24,26)/t20?,21-,23+/m0/s1. The number of rotatable bonds is 6. The summed E-state index contributed by atoms with van der Waals surface area (Å²) in [6, 6.07) is 18.3. The highest BCUT2D eigenvalue weighted by Crippen LogP contribution is 2.59. The topological polar surface area (TPSA) is 46.2 Å². The molecule has 3 nitrogen and oxygen atoms in total. The summed E-state index contributed by atoms with van der Waals surface area (Å²) in [6.45, 7) is 7.46. The minimum atomic E-state index is -0.420. The molecule has 26 heavy (non-hydrogen) atoms. The van der Waals surface area contributed by atoms with Crippen LogP contribution < -0.4 is 5.32 Å². The maximum Gasteiger partial charge on any atom is 0.227 e. The van der Waals surface area contributed by atoms with Crippen molar-refractivity contribution in [1.29, 1.82) is 0 Å². The number of Topliss-reactive ketones (excluding diaryl/α,β-unsaturated/α-hetero) is 1. The lowest BCUT2D eigenvalue weighted by atomic mass is 9.95. The van der Waals surface area contributed by atoms with Crippen molar-refractivity contribution in [3.8, 4) is 11.1 Å². The van der Waals surface area contributed by atoms with E-state index in [-0.39, 0.29) is 23.5 Å². The molecule has 0 aromatic heterocycles. The van der Waals surface area contributed by atoms with E-state index in [2.05, 4.69) is 41.7 Å². The highest BCUT2D eigenvalue weighted by Gasteiger charge is 2.56. The second kappa shape index (κ2) is 7.06. The molecule has 3 heteroatoms. The van der Waals surface area contributed by atoms with Gasteiger partial charge in [-0.05, 0) is 41.9 Å². The van der Waals surface area contributed by atoms with Gasteiger partial charge >= 0.3 is 0 Å². The van der Waals surface area contributed by atoms with Crippen LogP contribution in [-0.4, -0.2) is 17.7 Å². The summed E-state index contributed by atoms with van der Waals surface area (Å²) in [5.74, 6) is 0.319. The molecular formula is C23H27NO2. The van der Waals surface area contributed by atoms with E-state index in [4.69, 9.17) is 0 Å². The van der Waals surface area contributed by atoms with Gasteiger partial charge in [0.25, 0.3) is 0 Å². The summed E-state index contributed by atoms with van der Waals surface area (Å²) >= 11 is 0. The van der Waals surface area contributed by atoms with Crippen LogP contribution in [0.5, 0.6) is 0 Å². The van der Waals surface area contributed by atoms with E-state index in [0.717, 1.165) is 6.42 Å². The van der Waals surface area contributed by atoms with E-state index in [0.29, 0.717) is 0 Å². The predicted molar refractivity (Wildman–Crippen MR) is 105 cm³/mol. The van der Waals surface area contributed by atoms with Crippen molar-refractivity contribution in [2.24, 2.45) is 11.3 Å². The van der Waals surface area contributed by atoms with Gasteiger partial charge in [0.1, 0.15) is 0 Å². The number of hydrogen-bond acceptors (Lipinski definition) is 2. The van der Waals surface area contributed by atoms with Crippen LogP contribution >= 0.6 is 0 Å². The molecule has 0 spiro atoms. The van der Waals surface area contributed by atoms with Gasteiger partial charge < -0.3 is 5.32 Å². The Morgan fingerprint density at radius 2 is 1.58 bits per heavy atom.